The van der Waals surface area contributed by atoms with Gasteiger partial charge < -0.3 is 19.5 Å². The van der Waals surface area contributed by atoms with Crippen LogP contribution in [0.1, 0.15) is 43.1 Å². The van der Waals surface area contributed by atoms with Gasteiger partial charge >= 0.3 is 5.97 Å². The van der Waals surface area contributed by atoms with E-state index in [1.807, 2.05) is 6.07 Å². The summed E-state index contributed by atoms with van der Waals surface area (Å²) < 4.78 is 16.3. The van der Waals surface area contributed by atoms with Gasteiger partial charge in [-0.3, -0.25) is 4.79 Å². The second-order valence-corrected chi connectivity index (χ2v) is 7.13. The molecule has 1 amide bonds. The SMILES string of the molecule is COc1cc(C(=O)OC(C)C(=O)Nc2cccc(C#N)c2)ccc1OCCC(C)C. The molecule has 0 aromatic heterocycles. The second kappa shape index (κ2) is 10.9. The third kappa shape index (κ3) is 6.52. The standard InChI is InChI=1S/C23H26N2O5/c1-15(2)10-11-29-20-9-8-18(13-21(20)28-4)23(27)30-16(3)22(26)25-19-7-5-6-17(12-19)14-24/h5-9,12-13,15-16H,10-11H2,1-4H3,(H,25,26). The molecular formula is C23H26N2O5. The maximum Gasteiger partial charge on any atom is 0.339 e. The van der Waals surface area contributed by atoms with E-state index < -0.39 is 18.0 Å². The smallest absolute Gasteiger partial charge is 0.339 e. The Balaban J connectivity index is 2.00. The summed E-state index contributed by atoms with van der Waals surface area (Å²) in [6, 6.07) is 13.2. The highest BCUT2D eigenvalue weighted by molar-refractivity contribution is 5.97. The van der Waals surface area contributed by atoms with Gasteiger partial charge in [-0.1, -0.05) is 19.9 Å². The highest BCUT2D eigenvalue weighted by atomic mass is 16.5. The number of nitrogens with one attached hydrogen (secondary N) is 1. The van der Waals surface area contributed by atoms with Crippen LogP contribution in [-0.2, 0) is 9.53 Å². The zero-order valence-electron chi connectivity index (χ0n) is 17.6. The van der Waals surface area contributed by atoms with Crippen LogP contribution in [0.15, 0.2) is 42.5 Å². The molecule has 0 radical (unpaired) electrons. The van der Waals surface area contributed by atoms with Gasteiger partial charge in [-0.15, -0.1) is 0 Å². The fourth-order valence-electron chi connectivity index (χ4n) is 2.51. The van der Waals surface area contributed by atoms with Gasteiger partial charge in [-0.05, 0) is 55.7 Å². The van der Waals surface area contributed by atoms with E-state index in [-0.39, 0.29) is 5.56 Å². The lowest BCUT2D eigenvalue weighted by molar-refractivity contribution is -0.123. The predicted molar refractivity (Wildman–Crippen MR) is 113 cm³/mol. The van der Waals surface area contributed by atoms with Gasteiger partial charge in [0.25, 0.3) is 5.91 Å². The Labute approximate surface area is 176 Å². The number of esters is 1. The van der Waals surface area contributed by atoms with Crippen LogP contribution in [0.2, 0.25) is 0 Å². The molecule has 2 aromatic carbocycles. The summed E-state index contributed by atoms with van der Waals surface area (Å²) in [6.07, 6.45) is -0.132. The highest BCUT2D eigenvalue weighted by Crippen LogP contribution is 2.29. The summed E-state index contributed by atoms with van der Waals surface area (Å²) in [5.41, 5.74) is 1.11. The monoisotopic (exact) mass is 410 g/mol. The molecule has 158 valence electrons. The van der Waals surface area contributed by atoms with Crippen LogP contribution in [0.5, 0.6) is 11.5 Å². The maximum absolute atomic E-state index is 12.5. The fraction of sp³-hybridized carbons (Fsp3) is 0.348. The third-order valence-electron chi connectivity index (χ3n) is 4.26. The molecule has 0 aliphatic rings. The summed E-state index contributed by atoms with van der Waals surface area (Å²) in [4.78, 5) is 24.8. The minimum absolute atomic E-state index is 0.245. The quantitative estimate of drug-likeness (QED) is 0.623. The van der Waals surface area contributed by atoms with Gasteiger partial charge in [0.1, 0.15) is 0 Å². The van der Waals surface area contributed by atoms with E-state index in [1.54, 1.807) is 30.3 Å². The zero-order chi connectivity index (χ0) is 22.1. The van der Waals surface area contributed by atoms with E-state index in [0.29, 0.717) is 35.3 Å². The number of rotatable bonds is 9. The molecule has 0 saturated carbocycles. The van der Waals surface area contributed by atoms with Crippen LogP contribution >= 0.6 is 0 Å². The Bertz CT molecular complexity index is 933. The summed E-state index contributed by atoms with van der Waals surface area (Å²) in [7, 11) is 1.49. The molecule has 1 unspecified atom stereocenters. The summed E-state index contributed by atoms with van der Waals surface area (Å²) in [5.74, 6) is 0.311. The number of nitriles is 1. The molecule has 0 aliphatic carbocycles. The lowest BCUT2D eigenvalue weighted by Crippen LogP contribution is -2.30. The van der Waals surface area contributed by atoms with Crippen LogP contribution in [-0.4, -0.2) is 31.7 Å². The van der Waals surface area contributed by atoms with Crippen molar-refractivity contribution < 1.29 is 23.8 Å². The van der Waals surface area contributed by atoms with E-state index in [4.69, 9.17) is 19.5 Å². The van der Waals surface area contributed by atoms with Crippen molar-refractivity contribution in [2.24, 2.45) is 5.92 Å². The minimum Gasteiger partial charge on any atom is -0.493 e. The number of hydrogen-bond donors (Lipinski definition) is 1. The molecule has 2 rings (SSSR count). The van der Waals surface area contributed by atoms with Gasteiger partial charge in [0, 0.05) is 5.69 Å². The molecule has 1 atom stereocenters. The number of carbonyl (C=O) groups excluding carboxylic acids is 2. The largest absolute Gasteiger partial charge is 0.493 e. The summed E-state index contributed by atoms with van der Waals surface area (Å²) in [5, 5.41) is 11.6. The first-order valence-corrected chi connectivity index (χ1v) is 9.67. The number of nitrogens with zero attached hydrogens (tertiary/aromatic N) is 1. The van der Waals surface area contributed by atoms with Gasteiger partial charge in [0.2, 0.25) is 0 Å². The van der Waals surface area contributed by atoms with Crippen molar-refractivity contribution in [3.8, 4) is 17.6 Å². The third-order valence-corrected chi connectivity index (χ3v) is 4.26. The molecule has 0 heterocycles. The average Bonchev–Trinajstić information content (AvgIpc) is 2.73. The zero-order valence-corrected chi connectivity index (χ0v) is 17.6. The number of benzene rings is 2. The first kappa shape index (κ1) is 22.8. The van der Waals surface area contributed by atoms with Gasteiger partial charge in [0.15, 0.2) is 17.6 Å². The van der Waals surface area contributed by atoms with E-state index in [9.17, 15) is 9.59 Å². The van der Waals surface area contributed by atoms with E-state index >= 15 is 0 Å². The van der Waals surface area contributed by atoms with Crippen LogP contribution in [0, 0.1) is 17.2 Å². The molecule has 0 spiro atoms. The Morgan fingerprint density at radius 2 is 1.87 bits per heavy atom. The molecule has 7 nitrogen and oxygen atoms in total. The molecule has 0 bridgehead atoms. The molecule has 0 saturated heterocycles. The van der Waals surface area contributed by atoms with Crippen molar-refractivity contribution in [3.63, 3.8) is 0 Å². The molecule has 7 heteroatoms. The Morgan fingerprint density at radius 1 is 1.10 bits per heavy atom. The number of ether oxygens (including phenoxy) is 3. The number of anilines is 1. The number of methoxy groups -OCH3 is 1. The van der Waals surface area contributed by atoms with E-state index in [1.165, 1.54) is 26.2 Å². The molecule has 1 N–H and O–H groups in total. The van der Waals surface area contributed by atoms with Crippen molar-refractivity contribution in [2.45, 2.75) is 33.3 Å². The summed E-state index contributed by atoms with van der Waals surface area (Å²) in [6.45, 7) is 6.23. The van der Waals surface area contributed by atoms with Crippen molar-refractivity contribution >= 4 is 17.6 Å². The maximum atomic E-state index is 12.5. The fourth-order valence-corrected chi connectivity index (χ4v) is 2.51. The Hall–Kier alpha value is -3.53. The van der Waals surface area contributed by atoms with Crippen LogP contribution in [0.3, 0.4) is 0 Å². The van der Waals surface area contributed by atoms with Crippen LogP contribution in [0.4, 0.5) is 5.69 Å². The first-order valence-electron chi connectivity index (χ1n) is 9.67. The molecule has 2 aromatic rings. The highest BCUT2D eigenvalue weighted by Gasteiger charge is 2.20. The van der Waals surface area contributed by atoms with Gasteiger partial charge in [-0.25, -0.2) is 4.79 Å². The molecule has 30 heavy (non-hydrogen) atoms. The first-order chi connectivity index (χ1) is 14.3. The Kier molecular flexibility index (Phi) is 8.24. The molecule has 0 aliphatic heterocycles. The minimum atomic E-state index is -1.03. The predicted octanol–water partition coefficient (Wildman–Crippen LogP) is 4.18. The van der Waals surface area contributed by atoms with Crippen LogP contribution in [0.25, 0.3) is 0 Å². The van der Waals surface area contributed by atoms with E-state index in [2.05, 4.69) is 19.2 Å². The van der Waals surface area contributed by atoms with Crippen molar-refractivity contribution in [2.75, 3.05) is 19.0 Å². The lowest BCUT2D eigenvalue weighted by atomic mass is 10.1. The Morgan fingerprint density at radius 3 is 2.53 bits per heavy atom. The van der Waals surface area contributed by atoms with Gasteiger partial charge in [-0.2, -0.15) is 5.26 Å². The number of amides is 1. The summed E-state index contributed by atoms with van der Waals surface area (Å²) >= 11 is 0. The van der Waals surface area contributed by atoms with E-state index in [0.717, 1.165) is 6.42 Å². The van der Waals surface area contributed by atoms with Gasteiger partial charge in [0.05, 0.1) is 30.9 Å². The van der Waals surface area contributed by atoms with Crippen molar-refractivity contribution in [1.29, 1.82) is 5.26 Å². The van der Waals surface area contributed by atoms with Crippen molar-refractivity contribution in [3.05, 3.63) is 53.6 Å². The number of hydrogen-bond acceptors (Lipinski definition) is 6. The molecular weight excluding hydrogens is 384 g/mol. The second-order valence-electron chi connectivity index (χ2n) is 7.13. The molecule has 0 fully saturated rings. The lowest BCUT2D eigenvalue weighted by Gasteiger charge is -2.15. The normalized spacial score (nSPS) is 11.3. The topological polar surface area (TPSA) is 97.6 Å². The van der Waals surface area contributed by atoms with Crippen LogP contribution < -0.4 is 14.8 Å². The average molecular weight is 410 g/mol. The van der Waals surface area contributed by atoms with Crippen molar-refractivity contribution in [1.82, 2.24) is 0 Å². The number of carbonyl (C=O) groups is 2.